The fourth-order valence-electron chi connectivity index (χ4n) is 2.18. The zero-order valence-electron chi connectivity index (χ0n) is 11.7. The summed E-state index contributed by atoms with van der Waals surface area (Å²) in [6.07, 6.45) is 1.45. The van der Waals surface area contributed by atoms with Crippen molar-refractivity contribution in [1.82, 2.24) is 14.6 Å². The van der Waals surface area contributed by atoms with Crippen LogP contribution in [0.1, 0.15) is 23.0 Å². The molecule has 3 aromatic rings. The summed E-state index contributed by atoms with van der Waals surface area (Å²) < 4.78 is 6.47. The maximum absolute atomic E-state index is 11.8. The van der Waals surface area contributed by atoms with Crippen LogP contribution in [0.4, 0.5) is 5.82 Å². The molecule has 6 nitrogen and oxygen atoms in total. The number of ether oxygens (including phenoxy) is 1. The van der Waals surface area contributed by atoms with Crippen LogP contribution in [0.3, 0.4) is 0 Å². The van der Waals surface area contributed by atoms with Crippen molar-refractivity contribution in [3.63, 3.8) is 0 Å². The average Bonchev–Trinajstić information content (AvgIpc) is 3.06. The number of fused-ring (bicyclic) bond motifs is 1. The minimum Gasteiger partial charge on any atom is -0.462 e. The maximum Gasteiger partial charge on any atom is 0.343 e. The number of anilines is 1. The molecule has 3 aromatic heterocycles. The van der Waals surface area contributed by atoms with E-state index < -0.39 is 5.97 Å². The van der Waals surface area contributed by atoms with E-state index in [-0.39, 0.29) is 18.0 Å². The quantitative estimate of drug-likeness (QED) is 0.752. The van der Waals surface area contributed by atoms with Crippen LogP contribution in [0, 0.1) is 6.92 Å². The second-order valence-electron chi connectivity index (χ2n) is 4.45. The van der Waals surface area contributed by atoms with Gasteiger partial charge < -0.3 is 10.5 Å². The van der Waals surface area contributed by atoms with Gasteiger partial charge in [-0.25, -0.2) is 9.78 Å². The van der Waals surface area contributed by atoms with Crippen molar-refractivity contribution >= 4 is 28.8 Å². The number of nitrogen functional groups attached to an aromatic ring is 1. The van der Waals surface area contributed by atoms with Gasteiger partial charge in [0.2, 0.25) is 0 Å². The molecule has 21 heavy (non-hydrogen) atoms. The Morgan fingerprint density at radius 2 is 2.33 bits per heavy atom. The molecule has 0 saturated heterocycles. The second-order valence-corrected chi connectivity index (χ2v) is 5.40. The lowest BCUT2D eigenvalue weighted by molar-refractivity contribution is 0.0526. The average molecular weight is 302 g/mol. The molecule has 3 heterocycles. The molecule has 0 saturated carbocycles. The van der Waals surface area contributed by atoms with E-state index >= 15 is 0 Å². The number of carbonyl (C=O) groups is 1. The number of carbonyl (C=O) groups excluding carboxylic acids is 1. The first kappa shape index (κ1) is 13.6. The zero-order chi connectivity index (χ0) is 15.0. The van der Waals surface area contributed by atoms with Crippen molar-refractivity contribution in [3.05, 3.63) is 35.0 Å². The van der Waals surface area contributed by atoms with E-state index in [0.717, 1.165) is 16.1 Å². The Kier molecular flexibility index (Phi) is 3.34. The van der Waals surface area contributed by atoms with Crippen LogP contribution in [0.2, 0.25) is 0 Å². The third-order valence-electron chi connectivity index (χ3n) is 3.12. The van der Waals surface area contributed by atoms with E-state index in [2.05, 4.69) is 10.1 Å². The Balaban J connectivity index is 2.21. The van der Waals surface area contributed by atoms with Gasteiger partial charge in [0.25, 0.3) is 0 Å². The van der Waals surface area contributed by atoms with Crippen LogP contribution in [-0.2, 0) is 4.74 Å². The molecule has 0 unspecified atom stereocenters. The van der Waals surface area contributed by atoms with Gasteiger partial charge >= 0.3 is 5.97 Å². The van der Waals surface area contributed by atoms with Crippen LogP contribution in [0.15, 0.2) is 23.7 Å². The van der Waals surface area contributed by atoms with E-state index in [0.29, 0.717) is 5.65 Å². The number of thiophene rings is 1. The summed E-state index contributed by atoms with van der Waals surface area (Å²) in [6, 6.07) is 3.98. The molecular weight excluding hydrogens is 288 g/mol. The number of nitrogens with two attached hydrogens (primary N) is 1. The predicted molar refractivity (Wildman–Crippen MR) is 81.4 cm³/mol. The van der Waals surface area contributed by atoms with Gasteiger partial charge in [0, 0.05) is 11.1 Å². The lowest BCUT2D eigenvalue weighted by Gasteiger charge is -2.06. The number of aromatic nitrogens is 3. The summed E-state index contributed by atoms with van der Waals surface area (Å²) in [6.45, 7) is 3.93. The predicted octanol–water partition coefficient (Wildman–Crippen LogP) is 2.53. The van der Waals surface area contributed by atoms with Gasteiger partial charge in [0.1, 0.15) is 11.4 Å². The maximum atomic E-state index is 11.8. The number of hydrogen-bond donors (Lipinski definition) is 1. The summed E-state index contributed by atoms with van der Waals surface area (Å²) in [5.74, 6) is -0.250. The van der Waals surface area contributed by atoms with Crippen LogP contribution >= 0.6 is 11.3 Å². The van der Waals surface area contributed by atoms with Gasteiger partial charge in [0.15, 0.2) is 5.65 Å². The van der Waals surface area contributed by atoms with Gasteiger partial charge in [-0.15, -0.1) is 11.3 Å². The van der Waals surface area contributed by atoms with Crippen molar-refractivity contribution < 1.29 is 9.53 Å². The minimum atomic E-state index is -0.491. The van der Waals surface area contributed by atoms with Crippen LogP contribution in [0.5, 0.6) is 0 Å². The SMILES string of the molecule is CCOC(=O)c1cnc2c(-c3cccs3)c(C)nn2c1N. The summed E-state index contributed by atoms with van der Waals surface area (Å²) in [4.78, 5) is 17.3. The standard InChI is InChI=1S/C14H14N4O2S/c1-3-20-14(19)9-7-16-13-11(10-5-4-6-21-10)8(2)17-18(13)12(9)15/h4-7H,3,15H2,1-2H3. The van der Waals surface area contributed by atoms with E-state index in [4.69, 9.17) is 10.5 Å². The third-order valence-corrected chi connectivity index (χ3v) is 4.01. The smallest absolute Gasteiger partial charge is 0.343 e. The Morgan fingerprint density at radius 1 is 1.52 bits per heavy atom. The summed E-state index contributed by atoms with van der Waals surface area (Å²) >= 11 is 1.61. The highest BCUT2D eigenvalue weighted by Gasteiger charge is 2.20. The molecule has 0 aromatic carbocycles. The number of rotatable bonds is 3. The van der Waals surface area contributed by atoms with Crippen molar-refractivity contribution in [2.75, 3.05) is 12.3 Å². The molecule has 0 atom stereocenters. The summed E-state index contributed by atoms with van der Waals surface area (Å²) in [7, 11) is 0. The van der Waals surface area contributed by atoms with E-state index in [9.17, 15) is 4.79 Å². The highest BCUT2D eigenvalue weighted by atomic mass is 32.1. The molecule has 0 radical (unpaired) electrons. The van der Waals surface area contributed by atoms with Gasteiger partial charge in [-0.1, -0.05) is 6.07 Å². The lowest BCUT2D eigenvalue weighted by Crippen LogP contribution is -2.12. The first-order chi connectivity index (χ1) is 10.1. The molecule has 7 heteroatoms. The summed E-state index contributed by atoms with van der Waals surface area (Å²) in [5, 5.41) is 6.39. The molecule has 0 aliphatic heterocycles. The normalized spacial score (nSPS) is 11.0. The molecule has 0 bridgehead atoms. The molecular formula is C14H14N4O2S. The minimum absolute atomic E-state index is 0.226. The first-order valence-electron chi connectivity index (χ1n) is 6.48. The van der Waals surface area contributed by atoms with E-state index in [1.807, 2.05) is 24.4 Å². The molecule has 2 N–H and O–H groups in total. The largest absolute Gasteiger partial charge is 0.462 e. The Morgan fingerprint density at radius 3 is 3.00 bits per heavy atom. The first-order valence-corrected chi connectivity index (χ1v) is 7.36. The second kappa shape index (κ2) is 5.17. The van der Waals surface area contributed by atoms with Gasteiger partial charge in [-0.05, 0) is 25.3 Å². The topological polar surface area (TPSA) is 82.5 Å². The van der Waals surface area contributed by atoms with E-state index in [1.165, 1.54) is 10.7 Å². The van der Waals surface area contributed by atoms with Crippen molar-refractivity contribution in [2.45, 2.75) is 13.8 Å². The molecule has 108 valence electrons. The molecule has 0 aliphatic carbocycles. The Labute approximate surface area is 125 Å². The molecule has 0 spiro atoms. The van der Waals surface area contributed by atoms with Gasteiger partial charge in [-0.3, -0.25) is 0 Å². The van der Waals surface area contributed by atoms with Gasteiger partial charge in [-0.2, -0.15) is 9.61 Å². The third kappa shape index (κ3) is 2.15. The Bertz CT molecular complexity index is 808. The van der Waals surface area contributed by atoms with E-state index in [1.54, 1.807) is 18.3 Å². The number of aryl methyl sites for hydroxylation is 1. The summed E-state index contributed by atoms with van der Waals surface area (Å²) in [5.41, 5.74) is 8.67. The molecule has 0 fully saturated rings. The van der Waals surface area contributed by atoms with Crippen LogP contribution in [0.25, 0.3) is 16.1 Å². The zero-order valence-corrected chi connectivity index (χ0v) is 12.5. The highest BCUT2D eigenvalue weighted by molar-refractivity contribution is 7.13. The van der Waals surface area contributed by atoms with Crippen molar-refractivity contribution in [1.29, 1.82) is 0 Å². The highest BCUT2D eigenvalue weighted by Crippen LogP contribution is 2.32. The lowest BCUT2D eigenvalue weighted by atomic mass is 10.2. The number of nitrogens with zero attached hydrogens (tertiary/aromatic N) is 3. The fraction of sp³-hybridized carbons (Fsp3) is 0.214. The molecule has 3 rings (SSSR count). The Hall–Kier alpha value is -2.41. The number of hydrogen-bond acceptors (Lipinski definition) is 6. The molecule has 0 aliphatic rings. The monoisotopic (exact) mass is 302 g/mol. The van der Waals surface area contributed by atoms with Crippen molar-refractivity contribution in [2.24, 2.45) is 0 Å². The fourth-order valence-corrected chi connectivity index (χ4v) is 3.00. The van der Waals surface area contributed by atoms with Crippen LogP contribution < -0.4 is 5.73 Å². The number of esters is 1. The van der Waals surface area contributed by atoms with Crippen LogP contribution in [-0.4, -0.2) is 27.2 Å². The van der Waals surface area contributed by atoms with Crippen molar-refractivity contribution in [3.8, 4) is 10.4 Å². The molecule has 0 amide bonds. The van der Waals surface area contributed by atoms with Gasteiger partial charge in [0.05, 0.1) is 17.9 Å².